The minimum Gasteiger partial charge on any atom is -0.503 e. The summed E-state index contributed by atoms with van der Waals surface area (Å²) in [6.07, 6.45) is 0.789. The van der Waals surface area contributed by atoms with Crippen LogP contribution < -0.4 is 11.2 Å². The summed E-state index contributed by atoms with van der Waals surface area (Å²) in [5.41, 5.74) is 5.80. The molecule has 0 bridgehead atoms. The van der Waals surface area contributed by atoms with E-state index in [1.165, 1.54) is 23.2 Å². The summed E-state index contributed by atoms with van der Waals surface area (Å²) in [6.45, 7) is 0.752. The molecule has 1 aliphatic rings. The Labute approximate surface area is 154 Å². The molecule has 9 heteroatoms. The Morgan fingerprint density at radius 2 is 2.15 bits per heavy atom. The predicted octanol–water partition coefficient (Wildman–Crippen LogP) is 0.127. The number of H-pyrrole nitrogens is 1. The number of carboxylic acids is 1. The molecule has 0 radical (unpaired) electrons. The fraction of sp³-hybridized carbons (Fsp3) is 0.278. The summed E-state index contributed by atoms with van der Waals surface area (Å²) in [7, 11) is 0. The minimum atomic E-state index is -1.07. The molecule has 142 valence electrons. The summed E-state index contributed by atoms with van der Waals surface area (Å²) in [6, 6.07) is 6.14. The van der Waals surface area contributed by atoms with Gasteiger partial charge in [0.2, 0.25) is 5.43 Å². The number of nitrogens with zero attached hydrogens (tertiary/aromatic N) is 1. The molecule has 9 nitrogen and oxygen atoms in total. The number of aromatic nitrogens is 1. The average Bonchev–Trinajstić information content (AvgIpc) is 2.66. The third-order valence-electron chi connectivity index (χ3n) is 4.34. The third-order valence-corrected chi connectivity index (χ3v) is 4.34. The van der Waals surface area contributed by atoms with E-state index in [9.17, 15) is 19.5 Å². The first-order valence-corrected chi connectivity index (χ1v) is 8.28. The van der Waals surface area contributed by atoms with Crippen molar-refractivity contribution in [2.75, 3.05) is 19.8 Å². The number of rotatable bonds is 4. The zero-order valence-electron chi connectivity index (χ0n) is 14.3. The highest BCUT2D eigenvalue weighted by molar-refractivity contribution is 5.95. The van der Waals surface area contributed by atoms with Crippen LogP contribution in [-0.2, 0) is 11.2 Å². The van der Waals surface area contributed by atoms with Crippen LogP contribution in [0.4, 0.5) is 0 Å². The van der Waals surface area contributed by atoms with Gasteiger partial charge in [0.05, 0.1) is 18.8 Å². The number of nitrogens with two attached hydrogens (primary N) is 1. The third kappa shape index (κ3) is 3.83. The van der Waals surface area contributed by atoms with E-state index in [1.54, 1.807) is 12.1 Å². The van der Waals surface area contributed by atoms with E-state index in [2.05, 4.69) is 4.98 Å². The van der Waals surface area contributed by atoms with Gasteiger partial charge in [0.15, 0.2) is 11.4 Å². The fourth-order valence-electron chi connectivity index (χ4n) is 2.91. The van der Waals surface area contributed by atoms with Gasteiger partial charge >= 0.3 is 5.97 Å². The lowest BCUT2D eigenvalue weighted by atomic mass is 10.0. The molecular formula is C18H19N3O6. The molecule has 27 heavy (non-hydrogen) atoms. The molecule has 1 amide bonds. The van der Waals surface area contributed by atoms with Gasteiger partial charge in [-0.15, -0.1) is 0 Å². The first kappa shape index (κ1) is 18.6. The zero-order chi connectivity index (χ0) is 19.6. The molecule has 1 fully saturated rings. The van der Waals surface area contributed by atoms with Crippen LogP contribution in [0.15, 0.2) is 35.3 Å². The number of amides is 1. The van der Waals surface area contributed by atoms with E-state index in [0.29, 0.717) is 12.2 Å². The highest BCUT2D eigenvalue weighted by atomic mass is 16.5. The van der Waals surface area contributed by atoms with Crippen LogP contribution in [0.3, 0.4) is 0 Å². The lowest BCUT2D eigenvalue weighted by Crippen LogP contribution is -2.53. The lowest BCUT2D eigenvalue weighted by Gasteiger charge is -2.32. The number of carbonyl (C=O) groups excluding carboxylic acids is 1. The molecular weight excluding hydrogens is 354 g/mol. The van der Waals surface area contributed by atoms with Gasteiger partial charge in [-0.05, 0) is 17.7 Å². The van der Waals surface area contributed by atoms with Crippen molar-refractivity contribution in [2.24, 2.45) is 5.73 Å². The molecule has 1 aliphatic heterocycles. The summed E-state index contributed by atoms with van der Waals surface area (Å²) in [5, 5.41) is 19.3. The van der Waals surface area contributed by atoms with Crippen molar-refractivity contribution in [3.8, 4) is 5.75 Å². The van der Waals surface area contributed by atoms with Gasteiger partial charge in [0.1, 0.15) is 6.17 Å². The van der Waals surface area contributed by atoms with Gasteiger partial charge in [-0.2, -0.15) is 0 Å². The molecule has 1 aromatic heterocycles. The Kier molecular flexibility index (Phi) is 5.24. The van der Waals surface area contributed by atoms with Crippen molar-refractivity contribution in [3.05, 3.63) is 63.1 Å². The number of carbonyl (C=O) groups is 2. The highest BCUT2D eigenvalue weighted by Crippen LogP contribution is 2.17. The van der Waals surface area contributed by atoms with Gasteiger partial charge in [0.25, 0.3) is 5.91 Å². The number of aromatic carboxylic acids is 1. The quantitative estimate of drug-likeness (QED) is 0.595. The number of hydrogen-bond donors (Lipinski definition) is 4. The Hall–Kier alpha value is -3.17. The standard InChI is InChI=1S/C18H19N3O6/c19-13-9-27-5-4-21(13)17(24)14-16(23)15(22)12(8-20-14)7-10-2-1-3-11(6-10)18(25)26/h1-3,6,8,13,23H,4-5,7,9,19H2,(H,20,22)(H,25,26)/t13-/m0/s1. The van der Waals surface area contributed by atoms with E-state index in [0.717, 1.165) is 0 Å². The smallest absolute Gasteiger partial charge is 0.335 e. The summed E-state index contributed by atoms with van der Waals surface area (Å²) in [4.78, 5) is 40.1. The second kappa shape index (κ2) is 7.60. The Bertz CT molecular complexity index is 939. The van der Waals surface area contributed by atoms with Crippen LogP contribution in [0, 0.1) is 0 Å². The van der Waals surface area contributed by atoms with Gasteiger partial charge in [-0.1, -0.05) is 12.1 Å². The molecule has 1 saturated heterocycles. The van der Waals surface area contributed by atoms with Crippen LogP contribution in [0.1, 0.15) is 32.0 Å². The molecule has 0 spiro atoms. The number of ether oxygens (including phenoxy) is 1. The topological polar surface area (TPSA) is 146 Å². The van der Waals surface area contributed by atoms with Crippen LogP contribution in [0.5, 0.6) is 5.75 Å². The van der Waals surface area contributed by atoms with Gasteiger partial charge in [-0.25, -0.2) is 4.79 Å². The predicted molar refractivity (Wildman–Crippen MR) is 94.8 cm³/mol. The molecule has 2 heterocycles. The van der Waals surface area contributed by atoms with Crippen molar-refractivity contribution < 1.29 is 24.5 Å². The fourth-order valence-corrected chi connectivity index (χ4v) is 2.91. The van der Waals surface area contributed by atoms with Crippen LogP contribution >= 0.6 is 0 Å². The van der Waals surface area contributed by atoms with Crippen LogP contribution in [0.2, 0.25) is 0 Å². The molecule has 5 N–H and O–H groups in total. The van der Waals surface area contributed by atoms with Crippen LogP contribution in [-0.4, -0.2) is 57.9 Å². The molecule has 1 aromatic carbocycles. The van der Waals surface area contributed by atoms with E-state index < -0.39 is 29.2 Å². The van der Waals surface area contributed by atoms with Crippen molar-refractivity contribution in [3.63, 3.8) is 0 Å². The van der Waals surface area contributed by atoms with E-state index in [1.807, 2.05) is 0 Å². The summed E-state index contributed by atoms with van der Waals surface area (Å²) >= 11 is 0. The molecule has 0 unspecified atom stereocenters. The number of benzene rings is 1. The summed E-state index contributed by atoms with van der Waals surface area (Å²) < 4.78 is 5.17. The Balaban J connectivity index is 1.87. The highest BCUT2D eigenvalue weighted by Gasteiger charge is 2.28. The monoisotopic (exact) mass is 373 g/mol. The number of aromatic amines is 1. The lowest BCUT2D eigenvalue weighted by molar-refractivity contribution is -0.000400. The van der Waals surface area contributed by atoms with Crippen LogP contribution in [0.25, 0.3) is 0 Å². The molecule has 0 aliphatic carbocycles. The van der Waals surface area contributed by atoms with Gasteiger partial charge in [-0.3, -0.25) is 9.59 Å². The first-order chi connectivity index (χ1) is 12.9. The van der Waals surface area contributed by atoms with Crippen molar-refractivity contribution in [2.45, 2.75) is 12.6 Å². The van der Waals surface area contributed by atoms with Crippen molar-refractivity contribution in [1.29, 1.82) is 0 Å². The molecule has 3 rings (SSSR count). The Morgan fingerprint density at radius 1 is 1.37 bits per heavy atom. The Morgan fingerprint density at radius 3 is 2.85 bits per heavy atom. The second-order valence-electron chi connectivity index (χ2n) is 6.19. The second-order valence-corrected chi connectivity index (χ2v) is 6.19. The average molecular weight is 373 g/mol. The SMILES string of the molecule is N[C@@H]1COCCN1C(=O)c1[nH]cc(Cc2cccc(C(=O)O)c2)c(=O)c1O. The number of carboxylic acid groups (broad SMARTS) is 1. The van der Waals surface area contributed by atoms with E-state index in [4.69, 9.17) is 15.6 Å². The number of nitrogens with one attached hydrogen (secondary N) is 1. The van der Waals surface area contributed by atoms with E-state index >= 15 is 0 Å². The number of hydrogen-bond acceptors (Lipinski definition) is 6. The molecule has 1 atom stereocenters. The maximum atomic E-state index is 12.6. The molecule has 2 aromatic rings. The van der Waals surface area contributed by atoms with Crippen molar-refractivity contribution >= 4 is 11.9 Å². The zero-order valence-corrected chi connectivity index (χ0v) is 14.3. The maximum Gasteiger partial charge on any atom is 0.335 e. The number of aromatic hydroxyl groups is 1. The van der Waals surface area contributed by atoms with Crippen molar-refractivity contribution in [1.82, 2.24) is 9.88 Å². The first-order valence-electron chi connectivity index (χ1n) is 8.28. The minimum absolute atomic E-state index is 0.0984. The molecule has 0 saturated carbocycles. The van der Waals surface area contributed by atoms with E-state index in [-0.39, 0.29) is 36.4 Å². The van der Waals surface area contributed by atoms with Gasteiger partial charge in [0, 0.05) is 24.7 Å². The number of morpholine rings is 1. The van der Waals surface area contributed by atoms with Gasteiger partial charge < -0.3 is 30.6 Å². The summed E-state index contributed by atoms with van der Waals surface area (Å²) in [5.74, 6) is -2.35. The normalized spacial score (nSPS) is 16.9. The maximum absolute atomic E-state index is 12.6. The largest absolute Gasteiger partial charge is 0.503 e. The number of pyridine rings is 1.